The lowest BCUT2D eigenvalue weighted by molar-refractivity contribution is -0.112. The van der Waals surface area contributed by atoms with Crippen molar-refractivity contribution < 1.29 is 9.53 Å². The minimum Gasteiger partial charge on any atom is -0.494 e. The van der Waals surface area contributed by atoms with E-state index < -0.39 is 5.91 Å². The number of rotatable bonds is 7. The Morgan fingerprint density at radius 2 is 1.78 bits per heavy atom. The monoisotopic (exact) mass is 427 g/mol. The summed E-state index contributed by atoms with van der Waals surface area (Å²) in [6.07, 6.45) is 1.64. The molecule has 0 bridgehead atoms. The lowest BCUT2D eigenvalue weighted by atomic mass is 10.0. The molecule has 164 valence electrons. The van der Waals surface area contributed by atoms with E-state index in [-0.39, 0.29) is 5.57 Å². The zero-order chi connectivity index (χ0) is 23.3. The molecule has 1 heterocycles. The molecule has 0 saturated heterocycles. The molecule has 0 spiro atoms. The van der Waals surface area contributed by atoms with E-state index in [9.17, 15) is 10.1 Å². The molecular weight excluding hydrogens is 398 g/mol. The van der Waals surface area contributed by atoms with Gasteiger partial charge in [0.15, 0.2) is 0 Å². The fourth-order valence-corrected chi connectivity index (χ4v) is 3.64. The van der Waals surface area contributed by atoms with Gasteiger partial charge in [-0.3, -0.25) is 4.79 Å². The van der Waals surface area contributed by atoms with Gasteiger partial charge < -0.3 is 14.6 Å². The second kappa shape index (κ2) is 10.0. The molecule has 3 aromatic rings. The first-order chi connectivity index (χ1) is 15.3. The second-order valence-electron chi connectivity index (χ2n) is 7.99. The summed E-state index contributed by atoms with van der Waals surface area (Å²) in [7, 11) is 0. The zero-order valence-corrected chi connectivity index (χ0v) is 19.3. The van der Waals surface area contributed by atoms with Crippen LogP contribution in [-0.2, 0) is 4.79 Å². The Kier molecular flexibility index (Phi) is 7.17. The summed E-state index contributed by atoms with van der Waals surface area (Å²) in [5, 5.41) is 12.4. The number of aromatic nitrogens is 1. The first-order valence-corrected chi connectivity index (χ1v) is 10.8. The van der Waals surface area contributed by atoms with Crippen LogP contribution in [0, 0.1) is 25.2 Å². The molecule has 0 radical (unpaired) electrons. The molecule has 0 unspecified atom stereocenters. The molecule has 2 aromatic carbocycles. The van der Waals surface area contributed by atoms with Crippen LogP contribution in [0.25, 0.3) is 11.8 Å². The molecule has 1 N–H and O–H groups in total. The van der Waals surface area contributed by atoms with E-state index in [0.29, 0.717) is 18.2 Å². The number of amides is 1. The lowest BCUT2D eigenvalue weighted by Crippen LogP contribution is -2.13. The van der Waals surface area contributed by atoms with E-state index >= 15 is 0 Å². The maximum atomic E-state index is 12.7. The van der Waals surface area contributed by atoms with E-state index in [0.717, 1.165) is 28.4 Å². The van der Waals surface area contributed by atoms with E-state index in [1.54, 1.807) is 30.3 Å². The van der Waals surface area contributed by atoms with Gasteiger partial charge in [-0.1, -0.05) is 26.0 Å². The van der Waals surface area contributed by atoms with Gasteiger partial charge >= 0.3 is 0 Å². The SMILES string of the molecule is CCOc1ccc(NC(=O)C(C#N)=Cc2cc(C)n(-c3ccc(C(C)C)cc3)c2C)cc1. The topological polar surface area (TPSA) is 67.0 Å². The van der Waals surface area contributed by atoms with Crippen LogP contribution >= 0.6 is 0 Å². The Morgan fingerprint density at radius 3 is 2.34 bits per heavy atom. The summed E-state index contributed by atoms with van der Waals surface area (Å²) in [4.78, 5) is 12.7. The Balaban J connectivity index is 1.85. The molecule has 5 nitrogen and oxygen atoms in total. The number of nitrogens with one attached hydrogen (secondary N) is 1. The predicted octanol–water partition coefficient (Wildman–Crippen LogP) is 6.16. The smallest absolute Gasteiger partial charge is 0.266 e. The van der Waals surface area contributed by atoms with Crippen molar-refractivity contribution in [2.24, 2.45) is 0 Å². The highest BCUT2D eigenvalue weighted by Gasteiger charge is 2.14. The molecule has 1 aromatic heterocycles. The highest BCUT2D eigenvalue weighted by Crippen LogP contribution is 2.25. The van der Waals surface area contributed by atoms with Crippen LogP contribution < -0.4 is 10.1 Å². The van der Waals surface area contributed by atoms with E-state index in [2.05, 4.69) is 48.0 Å². The molecule has 0 saturated carbocycles. The standard InChI is InChI=1S/C27H29N3O2/c1-6-32-26-13-9-24(10-14-26)29-27(31)23(17-28)16-22-15-19(4)30(20(22)5)25-11-7-21(8-12-25)18(2)3/h7-16,18H,6H2,1-5H3,(H,29,31). The minimum absolute atomic E-state index is 0.0503. The molecule has 0 aliphatic carbocycles. The summed E-state index contributed by atoms with van der Waals surface area (Å²) in [5.41, 5.74) is 5.85. The average molecular weight is 428 g/mol. The first kappa shape index (κ1) is 22.9. The molecular formula is C27H29N3O2. The zero-order valence-electron chi connectivity index (χ0n) is 19.3. The Labute approximate surface area is 190 Å². The van der Waals surface area contributed by atoms with Crippen LogP contribution in [-0.4, -0.2) is 17.1 Å². The van der Waals surface area contributed by atoms with Crippen LogP contribution in [0.3, 0.4) is 0 Å². The van der Waals surface area contributed by atoms with Crippen molar-refractivity contribution in [3.8, 4) is 17.5 Å². The average Bonchev–Trinajstić information content (AvgIpc) is 3.06. The molecule has 0 aliphatic heterocycles. The lowest BCUT2D eigenvalue weighted by Gasteiger charge is -2.12. The van der Waals surface area contributed by atoms with E-state index in [4.69, 9.17) is 4.74 Å². The number of carbonyl (C=O) groups excluding carboxylic acids is 1. The number of aryl methyl sites for hydroxylation is 1. The van der Waals surface area contributed by atoms with Crippen molar-refractivity contribution >= 4 is 17.7 Å². The molecule has 0 atom stereocenters. The van der Waals surface area contributed by atoms with Crippen molar-refractivity contribution in [1.29, 1.82) is 5.26 Å². The van der Waals surface area contributed by atoms with E-state index in [1.807, 2.05) is 32.9 Å². The summed E-state index contributed by atoms with van der Waals surface area (Å²) in [6, 6.07) is 19.6. The summed E-state index contributed by atoms with van der Waals surface area (Å²) in [6.45, 7) is 10.9. The van der Waals surface area contributed by atoms with Crippen molar-refractivity contribution in [3.63, 3.8) is 0 Å². The highest BCUT2D eigenvalue weighted by atomic mass is 16.5. The van der Waals surface area contributed by atoms with Gasteiger partial charge in [-0.2, -0.15) is 5.26 Å². The van der Waals surface area contributed by atoms with Crippen LogP contribution in [0.1, 0.15) is 49.2 Å². The number of anilines is 1. The maximum absolute atomic E-state index is 12.7. The summed E-state index contributed by atoms with van der Waals surface area (Å²) < 4.78 is 7.55. The van der Waals surface area contributed by atoms with Gasteiger partial charge in [0.25, 0.3) is 5.91 Å². The Hall–Kier alpha value is -3.78. The minimum atomic E-state index is -0.442. The number of carbonyl (C=O) groups is 1. The van der Waals surface area contributed by atoms with Gasteiger partial charge in [0, 0.05) is 22.8 Å². The largest absolute Gasteiger partial charge is 0.494 e. The summed E-state index contributed by atoms with van der Waals surface area (Å²) >= 11 is 0. The third-order valence-electron chi connectivity index (χ3n) is 5.38. The highest BCUT2D eigenvalue weighted by molar-refractivity contribution is 6.09. The van der Waals surface area contributed by atoms with Gasteiger partial charge in [-0.15, -0.1) is 0 Å². The Morgan fingerprint density at radius 1 is 1.12 bits per heavy atom. The van der Waals surface area contributed by atoms with Gasteiger partial charge in [-0.05, 0) is 86.4 Å². The number of hydrogen-bond donors (Lipinski definition) is 1. The van der Waals surface area contributed by atoms with E-state index in [1.165, 1.54) is 5.56 Å². The van der Waals surface area contributed by atoms with Crippen LogP contribution in [0.4, 0.5) is 5.69 Å². The predicted molar refractivity (Wildman–Crippen MR) is 129 cm³/mol. The summed E-state index contributed by atoms with van der Waals surface area (Å²) in [5.74, 6) is 0.764. The first-order valence-electron chi connectivity index (χ1n) is 10.8. The quantitative estimate of drug-likeness (QED) is 0.363. The molecule has 0 fully saturated rings. The third kappa shape index (κ3) is 5.09. The number of ether oxygens (including phenoxy) is 1. The van der Waals surface area contributed by atoms with Crippen molar-refractivity contribution in [2.75, 3.05) is 11.9 Å². The number of nitriles is 1. The Bertz CT molecular complexity index is 1160. The van der Waals surface area contributed by atoms with Crippen LogP contribution in [0.2, 0.25) is 0 Å². The maximum Gasteiger partial charge on any atom is 0.266 e. The molecule has 0 aliphatic rings. The van der Waals surface area contributed by atoms with Crippen LogP contribution in [0.15, 0.2) is 60.2 Å². The van der Waals surface area contributed by atoms with Crippen molar-refractivity contribution in [1.82, 2.24) is 4.57 Å². The van der Waals surface area contributed by atoms with Gasteiger partial charge in [0.05, 0.1) is 6.61 Å². The van der Waals surface area contributed by atoms with Gasteiger partial charge in [0.1, 0.15) is 17.4 Å². The second-order valence-corrected chi connectivity index (χ2v) is 7.99. The number of benzene rings is 2. The van der Waals surface area contributed by atoms with Crippen LogP contribution in [0.5, 0.6) is 5.75 Å². The fraction of sp³-hybridized carbons (Fsp3) is 0.259. The molecule has 3 rings (SSSR count). The number of hydrogen-bond acceptors (Lipinski definition) is 3. The third-order valence-corrected chi connectivity index (χ3v) is 5.38. The van der Waals surface area contributed by atoms with Gasteiger partial charge in [-0.25, -0.2) is 0 Å². The van der Waals surface area contributed by atoms with Gasteiger partial charge in [0.2, 0.25) is 0 Å². The number of nitrogens with zero attached hydrogens (tertiary/aromatic N) is 2. The fourth-order valence-electron chi connectivity index (χ4n) is 3.64. The molecule has 32 heavy (non-hydrogen) atoms. The van der Waals surface area contributed by atoms with Crippen molar-refractivity contribution in [2.45, 2.75) is 40.5 Å². The molecule has 1 amide bonds. The molecule has 5 heteroatoms. The van der Waals surface area contributed by atoms with Crippen molar-refractivity contribution in [3.05, 3.63) is 82.7 Å². The normalized spacial score (nSPS) is 11.3.